The molecule has 124 valence electrons. The van der Waals surface area contributed by atoms with E-state index in [1.807, 2.05) is 6.07 Å². The van der Waals surface area contributed by atoms with E-state index in [0.717, 1.165) is 28.5 Å². The second-order valence-corrected chi connectivity index (χ2v) is 7.22. The number of amides is 1. The van der Waals surface area contributed by atoms with Gasteiger partial charge in [-0.3, -0.25) is 4.79 Å². The summed E-state index contributed by atoms with van der Waals surface area (Å²) in [5, 5.41) is 4.29. The molecule has 2 N–H and O–H groups in total. The molecule has 1 fully saturated rings. The zero-order chi connectivity index (χ0) is 16.8. The van der Waals surface area contributed by atoms with E-state index < -0.39 is 11.6 Å². The van der Waals surface area contributed by atoms with E-state index in [1.54, 1.807) is 9.42 Å². The van der Waals surface area contributed by atoms with E-state index in [-0.39, 0.29) is 5.92 Å². The first-order valence-corrected chi connectivity index (χ1v) is 8.34. The van der Waals surface area contributed by atoms with Gasteiger partial charge in [-0.2, -0.15) is 5.10 Å². The summed E-state index contributed by atoms with van der Waals surface area (Å²) in [6.07, 6.45) is 2.97. The maximum absolute atomic E-state index is 13.8. The molecular formula is C15H19BrFN5O. The number of anilines is 1. The lowest BCUT2D eigenvalue weighted by molar-refractivity contribution is -0.143. The first-order chi connectivity index (χ1) is 10.8. The minimum atomic E-state index is -1.82. The third kappa shape index (κ3) is 2.91. The Morgan fingerprint density at radius 3 is 2.70 bits per heavy atom. The summed E-state index contributed by atoms with van der Waals surface area (Å²) in [7, 11) is 0. The van der Waals surface area contributed by atoms with Gasteiger partial charge in [0.15, 0.2) is 11.5 Å². The highest BCUT2D eigenvalue weighted by Gasteiger charge is 2.34. The van der Waals surface area contributed by atoms with Crippen molar-refractivity contribution in [3.05, 3.63) is 22.6 Å². The van der Waals surface area contributed by atoms with Crippen molar-refractivity contribution < 1.29 is 9.18 Å². The Hall–Kier alpha value is -1.70. The number of carbonyl (C=O) groups excluding carboxylic acids is 1. The van der Waals surface area contributed by atoms with Gasteiger partial charge in [-0.25, -0.2) is 13.9 Å². The normalized spacial score (nSPS) is 17.0. The summed E-state index contributed by atoms with van der Waals surface area (Å²) < 4.78 is 16.5. The van der Waals surface area contributed by atoms with Crippen molar-refractivity contribution >= 4 is 33.2 Å². The Balaban J connectivity index is 1.81. The monoisotopic (exact) mass is 383 g/mol. The summed E-state index contributed by atoms with van der Waals surface area (Å²) in [4.78, 5) is 17.6. The molecule has 2 aromatic rings. The number of fused-ring (bicyclic) bond motifs is 1. The third-order valence-corrected chi connectivity index (χ3v) is 4.88. The molecule has 3 rings (SSSR count). The number of aromatic nitrogens is 3. The topological polar surface area (TPSA) is 76.5 Å². The molecule has 3 heterocycles. The highest BCUT2D eigenvalue weighted by Crippen LogP contribution is 2.34. The molecule has 0 aromatic carbocycles. The van der Waals surface area contributed by atoms with E-state index in [1.165, 1.54) is 20.2 Å². The Morgan fingerprint density at radius 1 is 1.43 bits per heavy atom. The summed E-state index contributed by atoms with van der Waals surface area (Å²) >= 11 is 3.50. The van der Waals surface area contributed by atoms with E-state index in [0.29, 0.717) is 18.9 Å². The van der Waals surface area contributed by atoms with Gasteiger partial charge in [-0.15, -0.1) is 0 Å². The molecule has 6 nitrogen and oxygen atoms in total. The molecule has 1 amide bonds. The fourth-order valence-electron chi connectivity index (χ4n) is 3.09. The second kappa shape index (κ2) is 5.74. The van der Waals surface area contributed by atoms with Crippen molar-refractivity contribution in [2.24, 2.45) is 0 Å². The lowest BCUT2D eigenvalue weighted by atomic mass is 9.93. The molecule has 0 unspecified atom stereocenters. The van der Waals surface area contributed by atoms with Crippen LogP contribution < -0.4 is 5.73 Å². The van der Waals surface area contributed by atoms with Crippen LogP contribution in [0.3, 0.4) is 0 Å². The van der Waals surface area contributed by atoms with Crippen LogP contribution in [0.15, 0.2) is 16.9 Å². The maximum atomic E-state index is 13.8. The number of hydrogen-bond donors (Lipinski definition) is 1. The molecule has 0 saturated carbocycles. The molecule has 1 saturated heterocycles. The minimum Gasteiger partial charge on any atom is -0.382 e. The number of carbonyl (C=O) groups is 1. The SMILES string of the molecule is CC(C)(F)C(=O)N1CCC(c2cc(Br)c3c(N)ncnn23)CC1. The third-order valence-electron chi connectivity index (χ3n) is 4.27. The number of piperidine rings is 1. The Morgan fingerprint density at radius 2 is 2.09 bits per heavy atom. The van der Waals surface area contributed by atoms with Crippen molar-refractivity contribution in [2.45, 2.75) is 38.3 Å². The minimum absolute atomic E-state index is 0.245. The lowest BCUT2D eigenvalue weighted by Crippen LogP contribution is -2.46. The van der Waals surface area contributed by atoms with Crippen LogP contribution in [0.1, 0.15) is 38.3 Å². The molecule has 1 aliphatic heterocycles. The number of rotatable bonds is 2. The standard InChI is InChI=1S/C15H19BrFN5O/c1-15(2,17)14(23)21-5-3-9(4-6-21)11-7-10(16)12-13(18)19-8-20-22(11)12/h7-9H,3-6H2,1-2H3,(H2,18,19,20). The number of nitrogens with two attached hydrogens (primary N) is 1. The van der Waals surface area contributed by atoms with E-state index in [9.17, 15) is 9.18 Å². The average Bonchev–Trinajstić information content (AvgIpc) is 2.84. The Kier molecular flexibility index (Phi) is 4.03. The van der Waals surface area contributed by atoms with Gasteiger partial charge in [0, 0.05) is 29.2 Å². The summed E-state index contributed by atoms with van der Waals surface area (Å²) in [5.74, 6) is 0.225. The highest BCUT2D eigenvalue weighted by atomic mass is 79.9. The fourth-order valence-corrected chi connectivity index (χ4v) is 3.70. The molecular weight excluding hydrogens is 365 g/mol. The predicted octanol–water partition coefficient (Wildman–Crippen LogP) is 2.53. The van der Waals surface area contributed by atoms with Gasteiger partial charge < -0.3 is 10.6 Å². The predicted molar refractivity (Wildman–Crippen MR) is 88.8 cm³/mol. The van der Waals surface area contributed by atoms with Crippen LogP contribution in [0, 0.1) is 0 Å². The van der Waals surface area contributed by atoms with E-state index in [2.05, 4.69) is 26.0 Å². The molecule has 2 aromatic heterocycles. The van der Waals surface area contributed by atoms with Gasteiger partial charge in [0.1, 0.15) is 11.8 Å². The first kappa shape index (κ1) is 16.2. The van der Waals surface area contributed by atoms with Crippen molar-refractivity contribution in [2.75, 3.05) is 18.8 Å². The fraction of sp³-hybridized carbons (Fsp3) is 0.533. The van der Waals surface area contributed by atoms with Crippen LogP contribution in [0.2, 0.25) is 0 Å². The molecule has 0 aliphatic carbocycles. The van der Waals surface area contributed by atoms with Crippen molar-refractivity contribution in [3.8, 4) is 0 Å². The van der Waals surface area contributed by atoms with Gasteiger partial charge in [0.25, 0.3) is 5.91 Å². The van der Waals surface area contributed by atoms with Crippen molar-refractivity contribution in [1.82, 2.24) is 19.5 Å². The maximum Gasteiger partial charge on any atom is 0.259 e. The molecule has 0 radical (unpaired) electrons. The molecule has 23 heavy (non-hydrogen) atoms. The second-order valence-electron chi connectivity index (χ2n) is 6.36. The van der Waals surface area contributed by atoms with Gasteiger partial charge in [-0.05, 0) is 48.7 Å². The molecule has 0 spiro atoms. The summed E-state index contributed by atoms with van der Waals surface area (Å²) in [5.41, 5.74) is 5.88. The lowest BCUT2D eigenvalue weighted by Gasteiger charge is -2.34. The quantitative estimate of drug-likeness (QED) is 0.864. The van der Waals surface area contributed by atoms with E-state index in [4.69, 9.17) is 5.73 Å². The number of halogens is 2. The van der Waals surface area contributed by atoms with Crippen LogP contribution in [-0.4, -0.2) is 44.2 Å². The van der Waals surface area contributed by atoms with Crippen molar-refractivity contribution in [1.29, 1.82) is 0 Å². The number of alkyl halides is 1. The smallest absolute Gasteiger partial charge is 0.259 e. The van der Waals surface area contributed by atoms with Gasteiger partial charge in [-0.1, -0.05) is 0 Å². The Labute approximate surface area is 142 Å². The van der Waals surface area contributed by atoms with Crippen molar-refractivity contribution in [3.63, 3.8) is 0 Å². The van der Waals surface area contributed by atoms with Crippen LogP contribution in [0.4, 0.5) is 10.2 Å². The summed E-state index contributed by atoms with van der Waals surface area (Å²) in [6, 6.07) is 2.00. The largest absolute Gasteiger partial charge is 0.382 e. The number of nitrogen functional groups attached to an aromatic ring is 1. The van der Waals surface area contributed by atoms with Crippen LogP contribution in [-0.2, 0) is 4.79 Å². The molecule has 0 bridgehead atoms. The zero-order valence-electron chi connectivity index (χ0n) is 13.1. The van der Waals surface area contributed by atoms with E-state index >= 15 is 0 Å². The number of likely N-dealkylation sites (tertiary alicyclic amines) is 1. The Bertz CT molecular complexity index is 746. The van der Waals surface area contributed by atoms with Crippen LogP contribution >= 0.6 is 15.9 Å². The van der Waals surface area contributed by atoms with Crippen LogP contribution in [0.25, 0.3) is 5.52 Å². The summed E-state index contributed by atoms with van der Waals surface area (Å²) in [6.45, 7) is 3.70. The van der Waals surface area contributed by atoms with Gasteiger partial charge in [0.2, 0.25) is 0 Å². The van der Waals surface area contributed by atoms with Gasteiger partial charge >= 0.3 is 0 Å². The zero-order valence-corrected chi connectivity index (χ0v) is 14.7. The van der Waals surface area contributed by atoms with Gasteiger partial charge in [0.05, 0.1) is 0 Å². The first-order valence-electron chi connectivity index (χ1n) is 7.55. The molecule has 0 atom stereocenters. The molecule has 8 heteroatoms. The molecule has 1 aliphatic rings. The number of hydrogen-bond acceptors (Lipinski definition) is 4. The average molecular weight is 384 g/mol. The highest BCUT2D eigenvalue weighted by molar-refractivity contribution is 9.10. The van der Waals surface area contributed by atoms with Crippen LogP contribution in [0.5, 0.6) is 0 Å². The number of nitrogens with zero attached hydrogens (tertiary/aromatic N) is 4.